The normalized spacial score (nSPS) is 20.5. The van der Waals surface area contributed by atoms with E-state index in [-0.39, 0.29) is 11.9 Å². The second kappa shape index (κ2) is 8.89. The molecule has 2 aliphatic heterocycles. The van der Waals surface area contributed by atoms with Gasteiger partial charge in [-0.2, -0.15) is 5.26 Å². The highest BCUT2D eigenvalue weighted by molar-refractivity contribution is 7.16. The third-order valence-corrected chi connectivity index (χ3v) is 7.65. The first-order chi connectivity index (χ1) is 15.2. The van der Waals surface area contributed by atoms with Crippen LogP contribution in [0.1, 0.15) is 59.7 Å². The highest BCUT2D eigenvalue weighted by Gasteiger charge is 2.29. The number of nitrogens with zero attached hydrogens (tertiary/aromatic N) is 2. The number of thiophene rings is 1. The first-order valence-electron chi connectivity index (χ1n) is 11.2. The van der Waals surface area contributed by atoms with Gasteiger partial charge in [0.15, 0.2) is 11.5 Å². The number of fused-ring (bicyclic) bond motifs is 2. The van der Waals surface area contributed by atoms with Crippen LogP contribution < -0.4 is 14.8 Å². The highest BCUT2D eigenvalue weighted by atomic mass is 32.1. The van der Waals surface area contributed by atoms with Crippen molar-refractivity contribution in [2.45, 2.75) is 51.0 Å². The summed E-state index contributed by atoms with van der Waals surface area (Å²) in [5.74, 6) is 1.54. The second-order valence-electron chi connectivity index (χ2n) is 8.46. The molecule has 1 atom stereocenters. The SMILES string of the molecule is N#Cc1c(NC(=O)CN2CCCC2c2ccc3c(c2)OCCO3)sc2c1CCCCC2. The molecule has 0 radical (unpaired) electrons. The number of carbonyl (C=O) groups excluding carboxylic acids is 1. The van der Waals surface area contributed by atoms with Crippen molar-refractivity contribution in [3.05, 3.63) is 39.8 Å². The predicted molar refractivity (Wildman–Crippen MR) is 120 cm³/mol. The van der Waals surface area contributed by atoms with E-state index in [9.17, 15) is 10.1 Å². The molecular weight excluding hydrogens is 410 g/mol. The maximum atomic E-state index is 12.9. The smallest absolute Gasteiger partial charge is 0.239 e. The Labute approximate surface area is 186 Å². The van der Waals surface area contributed by atoms with Gasteiger partial charge in [-0.15, -0.1) is 11.3 Å². The molecule has 1 aromatic heterocycles. The number of hydrogen-bond acceptors (Lipinski definition) is 6. The Balaban J connectivity index is 1.29. The Morgan fingerprint density at radius 3 is 2.87 bits per heavy atom. The lowest BCUT2D eigenvalue weighted by molar-refractivity contribution is -0.117. The Morgan fingerprint density at radius 2 is 2.00 bits per heavy atom. The number of hydrogen-bond donors (Lipinski definition) is 1. The molecule has 1 aliphatic carbocycles. The minimum atomic E-state index is -0.0441. The maximum Gasteiger partial charge on any atom is 0.239 e. The zero-order chi connectivity index (χ0) is 21.2. The summed E-state index contributed by atoms with van der Waals surface area (Å²) in [6, 6.07) is 8.65. The van der Waals surface area contributed by atoms with Gasteiger partial charge in [-0.05, 0) is 68.3 Å². The summed E-state index contributed by atoms with van der Waals surface area (Å²) in [4.78, 5) is 16.4. The average molecular weight is 438 g/mol. The zero-order valence-corrected chi connectivity index (χ0v) is 18.4. The number of carbonyl (C=O) groups is 1. The van der Waals surface area contributed by atoms with Gasteiger partial charge in [-0.3, -0.25) is 9.69 Å². The van der Waals surface area contributed by atoms with Crippen molar-refractivity contribution >= 4 is 22.2 Å². The largest absolute Gasteiger partial charge is 0.486 e. The molecule has 162 valence electrons. The highest BCUT2D eigenvalue weighted by Crippen LogP contribution is 2.39. The van der Waals surface area contributed by atoms with E-state index in [1.54, 1.807) is 11.3 Å². The molecule has 1 unspecified atom stereocenters. The van der Waals surface area contributed by atoms with Gasteiger partial charge in [0, 0.05) is 10.9 Å². The van der Waals surface area contributed by atoms with Crippen molar-refractivity contribution in [2.24, 2.45) is 0 Å². The lowest BCUT2D eigenvalue weighted by Crippen LogP contribution is -2.33. The fraction of sp³-hybridized carbons (Fsp3) is 0.500. The fourth-order valence-corrected chi connectivity index (χ4v) is 6.22. The Bertz CT molecular complexity index is 1030. The van der Waals surface area contributed by atoms with E-state index < -0.39 is 0 Å². The number of nitrogens with one attached hydrogen (secondary N) is 1. The first kappa shape index (κ1) is 20.3. The lowest BCUT2D eigenvalue weighted by Gasteiger charge is -2.26. The summed E-state index contributed by atoms with van der Waals surface area (Å²) in [6.45, 7) is 2.36. The zero-order valence-electron chi connectivity index (χ0n) is 17.6. The summed E-state index contributed by atoms with van der Waals surface area (Å²) < 4.78 is 11.4. The van der Waals surface area contributed by atoms with Crippen molar-refractivity contribution in [1.82, 2.24) is 4.90 Å². The summed E-state index contributed by atoms with van der Waals surface area (Å²) in [6.07, 6.45) is 7.54. The number of ether oxygens (including phenoxy) is 2. The van der Waals surface area contributed by atoms with Crippen LogP contribution in [-0.4, -0.2) is 37.1 Å². The number of aryl methyl sites for hydroxylation is 1. The molecule has 0 spiro atoms. The van der Waals surface area contributed by atoms with Crippen LogP contribution in [-0.2, 0) is 17.6 Å². The van der Waals surface area contributed by atoms with E-state index in [1.165, 1.54) is 11.3 Å². The standard InChI is InChI=1S/C24H27N3O3S/c25-14-18-17-5-2-1-3-7-22(17)31-24(18)26-23(28)15-27-10-4-6-19(27)16-8-9-20-21(13-16)30-12-11-29-20/h8-9,13,19H,1-7,10-12,15H2,(H,26,28). The molecule has 2 aromatic rings. The number of rotatable bonds is 4. The van der Waals surface area contributed by atoms with E-state index >= 15 is 0 Å². The molecule has 1 N–H and O–H groups in total. The minimum absolute atomic E-state index is 0.0441. The van der Waals surface area contributed by atoms with Crippen LogP contribution in [0, 0.1) is 11.3 Å². The molecule has 1 aromatic carbocycles. The third-order valence-electron chi connectivity index (χ3n) is 6.45. The van der Waals surface area contributed by atoms with Gasteiger partial charge < -0.3 is 14.8 Å². The van der Waals surface area contributed by atoms with Gasteiger partial charge in [-0.25, -0.2) is 0 Å². The molecule has 31 heavy (non-hydrogen) atoms. The van der Waals surface area contributed by atoms with Crippen LogP contribution in [0.2, 0.25) is 0 Å². The predicted octanol–water partition coefficient (Wildman–Crippen LogP) is 4.44. The molecule has 3 heterocycles. The van der Waals surface area contributed by atoms with Gasteiger partial charge in [0.05, 0.1) is 12.1 Å². The van der Waals surface area contributed by atoms with Gasteiger partial charge in [0.1, 0.15) is 24.3 Å². The van der Waals surface area contributed by atoms with Crippen LogP contribution in [0.15, 0.2) is 18.2 Å². The Morgan fingerprint density at radius 1 is 1.16 bits per heavy atom. The van der Waals surface area contributed by atoms with Crippen LogP contribution in [0.25, 0.3) is 0 Å². The number of benzene rings is 1. The van der Waals surface area contributed by atoms with E-state index in [0.717, 1.165) is 72.7 Å². The van der Waals surface area contributed by atoms with Crippen molar-refractivity contribution in [1.29, 1.82) is 5.26 Å². The summed E-state index contributed by atoms with van der Waals surface area (Å²) in [7, 11) is 0. The molecule has 1 fully saturated rings. The van der Waals surface area contributed by atoms with Crippen molar-refractivity contribution in [3.63, 3.8) is 0 Å². The first-order valence-corrected chi connectivity index (χ1v) is 12.0. The quantitative estimate of drug-likeness (QED) is 0.716. The molecule has 7 heteroatoms. The monoisotopic (exact) mass is 437 g/mol. The number of anilines is 1. The van der Waals surface area contributed by atoms with Gasteiger partial charge in [-0.1, -0.05) is 12.5 Å². The summed E-state index contributed by atoms with van der Waals surface area (Å²) in [5, 5.41) is 13.5. The number of amides is 1. The second-order valence-corrected chi connectivity index (χ2v) is 9.57. The molecule has 0 bridgehead atoms. The molecule has 0 saturated carbocycles. The topological polar surface area (TPSA) is 74.6 Å². The van der Waals surface area contributed by atoms with Crippen LogP contribution in [0.4, 0.5) is 5.00 Å². The Hall–Kier alpha value is -2.56. The van der Waals surface area contributed by atoms with E-state index in [0.29, 0.717) is 25.3 Å². The number of nitriles is 1. The molecule has 6 nitrogen and oxygen atoms in total. The van der Waals surface area contributed by atoms with Gasteiger partial charge in [0.2, 0.25) is 5.91 Å². The van der Waals surface area contributed by atoms with Crippen LogP contribution in [0.5, 0.6) is 11.5 Å². The minimum Gasteiger partial charge on any atom is -0.486 e. The van der Waals surface area contributed by atoms with Crippen molar-refractivity contribution in [2.75, 3.05) is 31.6 Å². The number of likely N-dealkylation sites (tertiary alicyclic amines) is 1. The fourth-order valence-electron chi connectivity index (χ4n) is 4.96. The van der Waals surface area contributed by atoms with Crippen molar-refractivity contribution in [3.8, 4) is 17.6 Å². The Kier molecular flexibility index (Phi) is 5.84. The van der Waals surface area contributed by atoms with Crippen molar-refractivity contribution < 1.29 is 14.3 Å². The van der Waals surface area contributed by atoms with Gasteiger partial charge >= 0.3 is 0 Å². The molecule has 1 saturated heterocycles. The van der Waals surface area contributed by atoms with E-state index in [4.69, 9.17) is 9.47 Å². The molecule has 5 rings (SSSR count). The average Bonchev–Trinajstić information content (AvgIpc) is 3.29. The summed E-state index contributed by atoms with van der Waals surface area (Å²) in [5.41, 5.74) is 3.01. The summed E-state index contributed by atoms with van der Waals surface area (Å²) >= 11 is 1.60. The van der Waals surface area contributed by atoms with Crippen LogP contribution >= 0.6 is 11.3 Å². The maximum absolute atomic E-state index is 12.9. The van der Waals surface area contributed by atoms with E-state index in [2.05, 4.69) is 28.4 Å². The van der Waals surface area contributed by atoms with Crippen LogP contribution in [0.3, 0.4) is 0 Å². The third kappa shape index (κ3) is 4.15. The molecular formula is C24H27N3O3S. The van der Waals surface area contributed by atoms with E-state index in [1.807, 2.05) is 6.07 Å². The van der Waals surface area contributed by atoms with Gasteiger partial charge in [0.25, 0.3) is 0 Å². The molecule has 3 aliphatic rings. The molecule has 1 amide bonds. The lowest BCUT2D eigenvalue weighted by atomic mass is 10.0.